The van der Waals surface area contributed by atoms with Crippen molar-refractivity contribution in [3.63, 3.8) is 0 Å². The van der Waals surface area contributed by atoms with E-state index in [1.807, 2.05) is 5.32 Å². The van der Waals surface area contributed by atoms with Crippen LogP contribution in [0.5, 0.6) is 11.5 Å². The number of aromatic nitrogens is 3. The highest BCUT2D eigenvalue weighted by Gasteiger charge is 2.13. The minimum Gasteiger partial charge on any atom is -0.454 e. The average Bonchev–Trinajstić information content (AvgIpc) is 2.84. The number of fused-ring (bicyclic) bond motifs is 1. The topological polar surface area (TPSA) is 89.0 Å². The van der Waals surface area contributed by atoms with Gasteiger partial charge in [0, 0.05) is 22.8 Å². The molecule has 170 valence electrons. The average molecular weight is 480 g/mol. The van der Waals surface area contributed by atoms with Crippen molar-refractivity contribution in [1.82, 2.24) is 20.3 Å². The Hall–Kier alpha value is -4.29. The summed E-state index contributed by atoms with van der Waals surface area (Å²) in [4.78, 5) is 23.5. The summed E-state index contributed by atoms with van der Waals surface area (Å²) < 4.78 is 30.2. The predicted molar refractivity (Wildman–Crippen MR) is 124 cm³/mol. The maximum Gasteiger partial charge on any atom is 0.315 e. The van der Waals surface area contributed by atoms with Crippen LogP contribution in [0.2, 0.25) is 5.02 Å². The first-order chi connectivity index (χ1) is 16.5. The van der Waals surface area contributed by atoms with Crippen molar-refractivity contribution in [3.8, 4) is 23.3 Å². The maximum atomic E-state index is 12.2. The molecule has 2 heterocycles. The molecule has 0 saturated heterocycles. The normalized spacial score (nSPS) is 10.5. The van der Waals surface area contributed by atoms with Gasteiger partial charge in [0.1, 0.15) is 23.6 Å². The number of carbonyl (C=O) groups excluding carboxylic acids is 1. The molecule has 34 heavy (non-hydrogen) atoms. The number of hydrogen-bond acceptors (Lipinski definition) is 6. The lowest BCUT2D eigenvalue weighted by Gasteiger charge is -2.11. The van der Waals surface area contributed by atoms with Gasteiger partial charge < -0.3 is 15.4 Å². The number of alkyl halides is 2. The maximum absolute atomic E-state index is 12.2. The molecule has 10 heteroatoms. The number of amides is 1. The number of nitrogens with zero attached hydrogens (tertiary/aromatic N) is 3. The molecule has 0 aliphatic rings. The van der Waals surface area contributed by atoms with Crippen molar-refractivity contribution in [2.24, 2.45) is 0 Å². The van der Waals surface area contributed by atoms with Crippen LogP contribution < -0.4 is 15.4 Å². The first-order valence-corrected chi connectivity index (χ1v) is 10.3. The standard InChI is InChI=1S/C24H16ClF2N5O2/c25-19-12-16(6-8-21(19)34-17-4-2-9-28-13-17)32-23-18-11-15(5-7-20(18)30-14-31-23)3-1-10-29-24(33)22(26)27/h2,4-9,11-14,22H,10H2,(H,29,33)(H,30,31,32). The SMILES string of the molecule is O=C(NCC#Cc1ccc2ncnc(Nc3ccc(Oc4cccnc4)c(Cl)c3)c2c1)C(F)F. The van der Waals surface area contributed by atoms with Gasteiger partial charge in [-0.15, -0.1) is 0 Å². The summed E-state index contributed by atoms with van der Waals surface area (Å²) in [7, 11) is 0. The van der Waals surface area contributed by atoms with Gasteiger partial charge in [0.25, 0.3) is 5.91 Å². The van der Waals surface area contributed by atoms with Gasteiger partial charge >= 0.3 is 6.43 Å². The molecule has 0 spiro atoms. The molecular weight excluding hydrogens is 464 g/mol. The van der Waals surface area contributed by atoms with Crippen LogP contribution in [0, 0.1) is 11.8 Å². The van der Waals surface area contributed by atoms with Crippen molar-refractivity contribution in [2.75, 3.05) is 11.9 Å². The Morgan fingerprint density at radius 3 is 2.79 bits per heavy atom. The van der Waals surface area contributed by atoms with Gasteiger partial charge in [-0.25, -0.2) is 9.97 Å². The second-order valence-corrected chi connectivity index (χ2v) is 7.24. The fraction of sp³-hybridized carbons (Fsp3) is 0.0833. The van der Waals surface area contributed by atoms with Crippen LogP contribution in [-0.4, -0.2) is 33.8 Å². The molecule has 0 unspecified atom stereocenters. The second-order valence-electron chi connectivity index (χ2n) is 6.84. The molecule has 0 radical (unpaired) electrons. The van der Waals surface area contributed by atoms with Gasteiger partial charge in [0.15, 0.2) is 0 Å². The first kappa shape index (κ1) is 22.9. The van der Waals surface area contributed by atoms with Gasteiger partial charge in [0.2, 0.25) is 0 Å². The van der Waals surface area contributed by atoms with Crippen molar-refractivity contribution < 1.29 is 18.3 Å². The van der Waals surface area contributed by atoms with Crippen LogP contribution in [-0.2, 0) is 4.79 Å². The highest BCUT2D eigenvalue weighted by atomic mass is 35.5. The fourth-order valence-electron chi connectivity index (χ4n) is 2.92. The van der Waals surface area contributed by atoms with E-state index in [9.17, 15) is 13.6 Å². The molecule has 2 aromatic carbocycles. The molecule has 0 aliphatic heterocycles. The number of nitrogens with one attached hydrogen (secondary N) is 2. The molecule has 0 fully saturated rings. The van der Waals surface area contributed by atoms with E-state index in [0.717, 1.165) is 0 Å². The van der Waals surface area contributed by atoms with Gasteiger partial charge in [-0.2, -0.15) is 8.78 Å². The summed E-state index contributed by atoms with van der Waals surface area (Å²) in [5, 5.41) is 6.33. The Bertz CT molecular complexity index is 1390. The molecule has 4 rings (SSSR count). The summed E-state index contributed by atoms with van der Waals surface area (Å²) in [6.45, 7) is -0.191. The summed E-state index contributed by atoms with van der Waals surface area (Å²) in [6, 6.07) is 14.0. The van der Waals surface area contributed by atoms with E-state index in [0.29, 0.717) is 44.5 Å². The number of anilines is 2. The van der Waals surface area contributed by atoms with Gasteiger partial charge in [-0.1, -0.05) is 23.4 Å². The van der Waals surface area contributed by atoms with Crippen molar-refractivity contribution >= 4 is 39.9 Å². The molecule has 4 aromatic rings. The van der Waals surface area contributed by atoms with Gasteiger partial charge in [0.05, 0.1) is 23.3 Å². The molecule has 0 bridgehead atoms. The molecule has 0 atom stereocenters. The number of pyridine rings is 1. The van der Waals surface area contributed by atoms with E-state index in [1.54, 1.807) is 60.9 Å². The van der Waals surface area contributed by atoms with E-state index in [1.165, 1.54) is 6.33 Å². The van der Waals surface area contributed by atoms with E-state index >= 15 is 0 Å². The molecule has 7 nitrogen and oxygen atoms in total. The largest absolute Gasteiger partial charge is 0.454 e. The first-order valence-electron chi connectivity index (χ1n) is 9.93. The highest BCUT2D eigenvalue weighted by Crippen LogP contribution is 2.33. The van der Waals surface area contributed by atoms with E-state index in [2.05, 4.69) is 32.1 Å². The third-order valence-corrected chi connectivity index (χ3v) is 4.77. The van der Waals surface area contributed by atoms with E-state index in [-0.39, 0.29) is 6.54 Å². The molecule has 2 N–H and O–H groups in total. The lowest BCUT2D eigenvalue weighted by atomic mass is 10.1. The van der Waals surface area contributed by atoms with Gasteiger partial charge in [-0.3, -0.25) is 9.78 Å². The molecule has 1 amide bonds. The van der Waals surface area contributed by atoms with Gasteiger partial charge in [-0.05, 0) is 48.5 Å². The summed E-state index contributed by atoms with van der Waals surface area (Å²) in [5.74, 6) is 5.68. The number of carbonyl (C=O) groups is 1. The highest BCUT2D eigenvalue weighted by molar-refractivity contribution is 6.32. The number of halogens is 3. The number of benzene rings is 2. The van der Waals surface area contributed by atoms with E-state index < -0.39 is 12.3 Å². The summed E-state index contributed by atoms with van der Waals surface area (Å²) in [6.07, 6.45) is 1.59. The van der Waals surface area contributed by atoms with Crippen LogP contribution >= 0.6 is 11.6 Å². The minimum atomic E-state index is -3.07. The zero-order chi connectivity index (χ0) is 23.9. The second kappa shape index (κ2) is 10.6. The molecule has 2 aromatic heterocycles. The minimum absolute atomic E-state index is 0.191. The Morgan fingerprint density at radius 1 is 1.15 bits per heavy atom. The summed E-state index contributed by atoms with van der Waals surface area (Å²) in [5.41, 5.74) is 1.96. The van der Waals surface area contributed by atoms with E-state index in [4.69, 9.17) is 16.3 Å². The number of rotatable bonds is 6. The van der Waals surface area contributed by atoms with Crippen LogP contribution in [0.15, 0.2) is 67.3 Å². The quantitative estimate of drug-likeness (QED) is 0.380. The van der Waals surface area contributed by atoms with Crippen LogP contribution in [0.3, 0.4) is 0 Å². The van der Waals surface area contributed by atoms with Crippen LogP contribution in [0.4, 0.5) is 20.3 Å². The Morgan fingerprint density at radius 2 is 2.03 bits per heavy atom. The Labute approximate surface area is 198 Å². The molecule has 0 aliphatic carbocycles. The lowest BCUT2D eigenvalue weighted by molar-refractivity contribution is -0.131. The Kier molecular flexibility index (Phi) is 7.10. The van der Waals surface area contributed by atoms with Crippen LogP contribution in [0.25, 0.3) is 10.9 Å². The third kappa shape index (κ3) is 5.74. The lowest BCUT2D eigenvalue weighted by Crippen LogP contribution is -2.29. The molecule has 0 saturated carbocycles. The van der Waals surface area contributed by atoms with Crippen LogP contribution in [0.1, 0.15) is 5.56 Å². The number of hydrogen-bond donors (Lipinski definition) is 2. The van der Waals surface area contributed by atoms with Crippen molar-refractivity contribution in [3.05, 3.63) is 77.8 Å². The smallest absolute Gasteiger partial charge is 0.315 e. The Balaban J connectivity index is 1.52. The monoisotopic (exact) mass is 479 g/mol. The number of ether oxygens (including phenoxy) is 1. The predicted octanol–water partition coefficient (Wildman–Crippen LogP) is 4.95. The molecular formula is C24H16ClF2N5O2. The zero-order valence-corrected chi connectivity index (χ0v) is 18.2. The van der Waals surface area contributed by atoms with Crippen molar-refractivity contribution in [1.29, 1.82) is 0 Å². The zero-order valence-electron chi connectivity index (χ0n) is 17.4. The van der Waals surface area contributed by atoms with Crippen molar-refractivity contribution in [2.45, 2.75) is 6.43 Å². The summed E-state index contributed by atoms with van der Waals surface area (Å²) >= 11 is 6.39. The fourth-order valence-corrected chi connectivity index (χ4v) is 3.14. The third-order valence-electron chi connectivity index (χ3n) is 4.47.